The summed E-state index contributed by atoms with van der Waals surface area (Å²) in [4.78, 5) is 0. The van der Waals surface area contributed by atoms with Crippen molar-refractivity contribution in [2.75, 3.05) is 0 Å². The summed E-state index contributed by atoms with van der Waals surface area (Å²) in [7, 11) is -3.78. The second kappa shape index (κ2) is 10.1. The van der Waals surface area contributed by atoms with Crippen molar-refractivity contribution in [2.24, 2.45) is 0 Å². The standard InChI is InChI=1S/C32H43N4O5P/c1-29(2)30(3,4)34(38)27(33(29)37)23-18-12-14-20-25(23)42(41,22-16-10-9-11-17-22)26-21-15-13-19-24(26)28-35(39)31(5,6)32(7,8)36(28)40/h9-21,27-28,37-40H,1-8H3. The highest BCUT2D eigenvalue weighted by molar-refractivity contribution is 7.85. The Morgan fingerprint density at radius 3 is 1.12 bits per heavy atom. The van der Waals surface area contributed by atoms with Gasteiger partial charge < -0.3 is 25.4 Å². The zero-order chi connectivity index (χ0) is 31.0. The monoisotopic (exact) mass is 594 g/mol. The van der Waals surface area contributed by atoms with Crippen molar-refractivity contribution in [1.82, 2.24) is 20.3 Å². The van der Waals surface area contributed by atoms with Crippen molar-refractivity contribution in [3.63, 3.8) is 0 Å². The van der Waals surface area contributed by atoms with Gasteiger partial charge in [-0.1, -0.05) is 78.9 Å². The Labute approximate surface area is 248 Å². The molecule has 0 aromatic heterocycles. The van der Waals surface area contributed by atoms with Gasteiger partial charge in [0, 0.05) is 15.9 Å². The smallest absolute Gasteiger partial charge is 0.171 e. The number of nitrogens with zero attached hydrogens (tertiary/aromatic N) is 4. The van der Waals surface area contributed by atoms with Gasteiger partial charge in [-0.05, 0) is 66.5 Å². The van der Waals surface area contributed by atoms with Crippen molar-refractivity contribution in [2.45, 2.75) is 89.9 Å². The van der Waals surface area contributed by atoms with Crippen LogP contribution in [0.3, 0.4) is 0 Å². The molecule has 10 heteroatoms. The Balaban J connectivity index is 1.80. The lowest BCUT2D eigenvalue weighted by molar-refractivity contribution is -0.223. The van der Waals surface area contributed by atoms with E-state index >= 15 is 4.57 Å². The largest absolute Gasteiger partial charge is 0.311 e. The Kier molecular flexibility index (Phi) is 7.43. The van der Waals surface area contributed by atoms with E-state index in [4.69, 9.17) is 0 Å². The maximum absolute atomic E-state index is 16.0. The molecule has 2 saturated heterocycles. The highest BCUT2D eigenvalue weighted by Crippen LogP contribution is 2.53. The fourth-order valence-electron chi connectivity index (χ4n) is 6.11. The molecule has 0 atom stereocenters. The van der Waals surface area contributed by atoms with E-state index in [9.17, 15) is 20.8 Å². The van der Waals surface area contributed by atoms with Crippen LogP contribution in [0.5, 0.6) is 0 Å². The van der Waals surface area contributed by atoms with Gasteiger partial charge in [-0.2, -0.15) is 20.3 Å². The number of hydrogen-bond donors (Lipinski definition) is 4. The first-order valence-electron chi connectivity index (χ1n) is 14.2. The molecule has 0 unspecified atom stereocenters. The minimum absolute atomic E-state index is 0.436. The van der Waals surface area contributed by atoms with Gasteiger partial charge in [-0.3, -0.25) is 0 Å². The minimum atomic E-state index is -3.78. The SMILES string of the molecule is CC1(C)N(O)C(c2ccccc2P(=O)(c2ccccc2)c2ccccc2C2N(O)C(C)(C)C(C)(C)N2O)N(O)C1(C)C. The van der Waals surface area contributed by atoms with Crippen molar-refractivity contribution in [3.8, 4) is 0 Å². The lowest BCUT2D eigenvalue weighted by Crippen LogP contribution is -2.52. The molecule has 2 heterocycles. The summed E-state index contributed by atoms with van der Waals surface area (Å²) in [6, 6.07) is 23.4. The third-order valence-electron chi connectivity index (χ3n) is 10.4. The molecule has 0 aliphatic carbocycles. The van der Waals surface area contributed by atoms with Gasteiger partial charge in [0.1, 0.15) is 12.3 Å². The fourth-order valence-corrected chi connectivity index (χ4v) is 9.22. The molecule has 0 bridgehead atoms. The third-order valence-corrected chi connectivity index (χ3v) is 13.6. The summed E-state index contributed by atoms with van der Waals surface area (Å²) in [6.45, 7) is 14.8. The van der Waals surface area contributed by atoms with E-state index < -0.39 is 41.6 Å². The molecule has 9 nitrogen and oxygen atoms in total. The Bertz CT molecular complexity index is 1390. The molecular weight excluding hydrogens is 551 g/mol. The van der Waals surface area contributed by atoms with Crippen LogP contribution >= 0.6 is 7.14 Å². The average molecular weight is 595 g/mol. The zero-order valence-corrected chi connectivity index (χ0v) is 26.5. The molecule has 2 fully saturated rings. The fraction of sp³-hybridized carbons (Fsp3) is 0.438. The van der Waals surface area contributed by atoms with E-state index in [1.54, 1.807) is 60.7 Å². The molecule has 5 rings (SSSR count). The number of hydroxylamine groups is 8. The summed E-state index contributed by atoms with van der Waals surface area (Å²) in [5, 5.41) is 51.8. The maximum atomic E-state index is 16.0. The van der Waals surface area contributed by atoms with Crippen LogP contribution in [0.25, 0.3) is 0 Å². The van der Waals surface area contributed by atoms with Crippen LogP contribution in [-0.2, 0) is 4.57 Å². The normalized spacial score (nSPS) is 23.5. The van der Waals surface area contributed by atoms with Crippen molar-refractivity contribution < 1.29 is 25.4 Å². The van der Waals surface area contributed by atoms with Crippen LogP contribution in [0.2, 0.25) is 0 Å². The second-order valence-electron chi connectivity index (χ2n) is 13.4. The van der Waals surface area contributed by atoms with Gasteiger partial charge in [0.05, 0.1) is 22.2 Å². The molecule has 2 aliphatic heterocycles. The second-order valence-corrected chi connectivity index (χ2v) is 16.1. The van der Waals surface area contributed by atoms with E-state index in [0.29, 0.717) is 27.0 Å². The van der Waals surface area contributed by atoms with E-state index in [2.05, 4.69) is 0 Å². The van der Waals surface area contributed by atoms with Crippen LogP contribution in [-0.4, -0.2) is 63.2 Å². The molecule has 42 heavy (non-hydrogen) atoms. The van der Waals surface area contributed by atoms with E-state index in [1.807, 2.05) is 73.6 Å². The van der Waals surface area contributed by atoms with Gasteiger partial charge in [0.15, 0.2) is 7.14 Å². The molecule has 0 radical (unpaired) electrons. The van der Waals surface area contributed by atoms with Crippen LogP contribution in [0.1, 0.15) is 78.8 Å². The van der Waals surface area contributed by atoms with E-state index in [1.165, 1.54) is 0 Å². The van der Waals surface area contributed by atoms with Gasteiger partial charge in [-0.15, -0.1) is 0 Å². The van der Waals surface area contributed by atoms with Crippen molar-refractivity contribution in [3.05, 3.63) is 90.0 Å². The molecule has 4 N–H and O–H groups in total. The maximum Gasteiger partial charge on any atom is 0.171 e. The first kappa shape index (κ1) is 31.0. The molecule has 3 aromatic rings. The number of rotatable bonds is 5. The predicted octanol–water partition coefficient (Wildman–Crippen LogP) is 5.23. The summed E-state index contributed by atoms with van der Waals surface area (Å²) >= 11 is 0. The quantitative estimate of drug-likeness (QED) is 0.295. The molecule has 0 saturated carbocycles. The molecule has 3 aromatic carbocycles. The Hall–Kier alpha value is -2.43. The lowest BCUT2D eigenvalue weighted by atomic mass is 9.84. The van der Waals surface area contributed by atoms with Crippen LogP contribution in [0.15, 0.2) is 78.9 Å². The first-order valence-corrected chi connectivity index (χ1v) is 15.9. The predicted molar refractivity (Wildman–Crippen MR) is 162 cm³/mol. The molecular formula is C32H43N4O5P. The topological polar surface area (TPSA) is 111 Å². The van der Waals surface area contributed by atoms with Gasteiger partial charge >= 0.3 is 0 Å². The van der Waals surface area contributed by atoms with Crippen molar-refractivity contribution in [1.29, 1.82) is 0 Å². The van der Waals surface area contributed by atoms with Crippen LogP contribution < -0.4 is 15.9 Å². The summed E-state index contributed by atoms with van der Waals surface area (Å²) < 4.78 is 16.0. The summed E-state index contributed by atoms with van der Waals surface area (Å²) in [5.74, 6) is 0. The van der Waals surface area contributed by atoms with Gasteiger partial charge in [-0.25, -0.2) is 0 Å². The van der Waals surface area contributed by atoms with E-state index in [0.717, 1.165) is 20.3 Å². The Morgan fingerprint density at radius 1 is 0.500 bits per heavy atom. The van der Waals surface area contributed by atoms with Crippen LogP contribution in [0, 0.1) is 0 Å². The number of benzene rings is 3. The number of hydrogen-bond acceptors (Lipinski definition) is 9. The molecule has 0 amide bonds. The molecule has 0 spiro atoms. The summed E-state index contributed by atoms with van der Waals surface area (Å²) in [6.07, 6.45) is -2.02. The lowest BCUT2D eigenvalue weighted by Gasteiger charge is -2.37. The summed E-state index contributed by atoms with van der Waals surface area (Å²) in [5.41, 5.74) is -2.46. The highest BCUT2D eigenvalue weighted by Gasteiger charge is 2.61. The van der Waals surface area contributed by atoms with Gasteiger partial charge in [0.2, 0.25) is 0 Å². The molecule has 226 valence electrons. The molecule has 2 aliphatic rings. The zero-order valence-electron chi connectivity index (χ0n) is 25.6. The van der Waals surface area contributed by atoms with E-state index in [-0.39, 0.29) is 0 Å². The van der Waals surface area contributed by atoms with Crippen molar-refractivity contribution >= 4 is 23.1 Å². The minimum Gasteiger partial charge on any atom is -0.311 e. The first-order chi connectivity index (χ1) is 19.4. The highest BCUT2D eigenvalue weighted by atomic mass is 31.2. The third kappa shape index (κ3) is 4.04. The average Bonchev–Trinajstić information content (AvgIpc) is 3.16. The van der Waals surface area contributed by atoms with Crippen LogP contribution in [0.4, 0.5) is 0 Å². The van der Waals surface area contributed by atoms with Gasteiger partial charge in [0.25, 0.3) is 0 Å². The Morgan fingerprint density at radius 2 is 0.786 bits per heavy atom.